The van der Waals surface area contributed by atoms with Crippen LogP contribution < -0.4 is 15.2 Å². The van der Waals surface area contributed by atoms with Crippen molar-refractivity contribution in [3.63, 3.8) is 0 Å². The van der Waals surface area contributed by atoms with Gasteiger partial charge in [0.05, 0.1) is 33.4 Å². The van der Waals surface area contributed by atoms with Crippen LogP contribution in [0.2, 0.25) is 0 Å². The molecule has 1 radical (unpaired) electrons. The maximum absolute atomic E-state index is 12.4. The summed E-state index contributed by atoms with van der Waals surface area (Å²) in [5.74, 6) is -2.06. The molecule has 0 unspecified atom stereocenters. The minimum absolute atomic E-state index is 0. The van der Waals surface area contributed by atoms with Crippen LogP contribution in [0.15, 0.2) is 128 Å². The van der Waals surface area contributed by atoms with Gasteiger partial charge in [-0.2, -0.15) is 20.3 Å². The molecule has 0 N–H and O–H groups in total. The number of amides is 1. The van der Waals surface area contributed by atoms with E-state index >= 15 is 0 Å². The number of allylic oxidation sites excluding steroid dienone is 3. The minimum atomic E-state index is -0.643. The molecular weight excluding hydrogens is 704 g/mol. The Morgan fingerprint density at radius 1 is 0.863 bits per heavy atom. The second-order valence-corrected chi connectivity index (χ2v) is 10.2. The number of aryl methyl sites for hydroxylation is 1. The molecule has 3 aromatic carbocycles. The Morgan fingerprint density at radius 2 is 1.51 bits per heavy atom. The molecule has 4 aromatic rings. The summed E-state index contributed by atoms with van der Waals surface area (Å²) in [4.78, 5) is 34.3. The van der Waals surface area contributed by atoms with Crippen molar-refractivity contribution >= 4 is 51.6 Å². The Morgan fingerprint density at radius 3 is 2.14 bits per heavy atom. The number of nitro benzene ring substituents is 1. The molecule has 19 heteroatoms. The molecule has 0 bridgehead atoms. The fourth-order valence-corrected chi connectivity index (χ4v) is 4.32. The van der Waals surface area contributed by atoms with Crippen molar-refractivity contribution in [1.29, 1.82) is 0 Å². The Balaban J connectivity index is 0.000000270. The molecule has 1 aromatic heterocycles. The third-order valence-corrected chi connectivity index (χ3v) is 6.80. The van der Waals surface area contributed by atoms with Crippen LogP contribution in [0.4, 0.5) is 22.7 Å². The average Bonchev–Trinajstić information content (AvgIpc) is 3.56. The van der Waals surface area contributed by atoms with Gasteiger partial charge in [0.25, 0.3) is 5.69 Å². The van der Waals surface area contributed by atoms with E-state index in [1.165, 1.54) is 9.69 Å². The van der Waals surface area contributed by atoms with E-state index in [-0.39, 0.29) is 53.0 Å². The van der Waals surface area contributed by atoms with E-state index in [1.54, 1.807) is 62.4 Å². The number of carbonyl (C=O) groups is 2. The maximum Gasteiger partial charge on any atom is 3.00 e. The van der Waals surface area contributed by atoms with Gasteiger partial charge < -0.3 is 25.9 Å². The van der Waals surface area contributed by atoms with E-state index in [9.17, 15) is 40.3 Å². The first-order chi connectivity index (χ1) is 23.9. The van der Waals surface area contributed by atoms with Crippen molar-refractivity contribution in [2.45, 2.75) is 13.8 Å². The van der Waals surface area contributed by atoms with Gasteiger partial charge in [0, 0.05) is 23.7 Å². The van der Waals surface area contributed by atoms with Crippen molar-refractivity contribution in [2.24, 2.45) is 25.5 Å². The molecule has 0 saturated heterocycles. The third kappa shape index (κ3) is 8.51. The summed E-state index contributed by atoms with van der Waals surface area (Å²) in [6.45, 7) is 3.17. The van der Waals surface area contributed by atoms with Gasteiger partial charge in [-0.25, -0.2) is 4.68 Å². The Kier molecular flexibility index (Phi) is 11.8. The number of hydrogen-bond acceptors (Lipinski definition) is 15. The zero-order valence-corrected chi connectivity index (χ0v) is 27.7. The maximum atomic E-state index is 12.4. The second-order valence-electron chi connectivity index (χ2n) is 10.2. The molecule has 6 rings (SSSR count). The zero-order valence-electron chi connectivity index (χ0n) is 27.4. The molecule has 2 heterocycles. The van der Waals surface area contributed by atoms with Gasteiger partial charge in [-0.3, -0.25) is 19.7 Å². The quantitative estimate of drug-likeness (QED) is 0.113. The first-order valence-corrected chi connectivity index (χ1v) is 14.3. The predicted octanol–water partition coefficient (Wildman–Crippen LogP) is 4.29. The van der Waals surface area contributed by atoms with Crippen LogP contribution >= 0.6 is 0 Å². The number of para-hydroxylation sites is 2. The number of nitro groups is 1. The number of non-ortho nitro benzene ring substituents is 1. The average molecular weight is 728 g/mol. The Bertz CT molecular complexity index is 2170. The summed E-state index contributed by atoms with van der Waals surface area (Å²) >= 11 is 0. The van der Waals surface area contributed by atoms with Gasteiger partial charge in [-0.15, -0.1) is 15.3 Å². The molecular formula is C32H23CrN10O8. The number of hydrogen-bond donors (Lipinski definition) is 0. The number of carbonyl (C=O) groups excluding carboxylic acids is 2. The van der Waals surface area contributed by atoms with Crippen molar-refractivity contribution < 1.29 is 43.5 Å². The topological polar surface area (TPSA) is 256 Å². The Labute approximate surface area is 300 Å². The number of azo groups is 1. The number of hydroxylamine groups is 2. The summed E-state index contributed by atoms with van der Waals surface area (Å²) in [5, 5.41) is 80.3. The van der Waals surface area contributed by atoms with Crippen molar-refractivity contribution in [3.05, 3.63) is 129 Å². The zero-order chi connectivity index (χ0) is 35.9. The van der Waals surface area contributed by atoms with Crippen LogP contribution in [0, 0.1) is 27.5 Å². The van der Waals surface area contributed by atoms with E-state index in [1.807, 2.05) is 12.1 Å². The first-order valence-electron chi connectivity index (χ1n) is 14.3. The third-order valence-electron chi connectivity index (χ3n) is 6.80. The number of hydrazone groups is 1. The van der Waals surface area contributed by atoms with E-state index in [0.29, 0.717) is 22.8 Å². The molecule has 0 fully saturated rings. The predicted molar refractivity (Wildman–Crippen MR) is 178 cm³/mol. The van der Waals surface area contributed by atoms with E-state index in [0.717, 1.165) is 36.4 Å². The summed E-state index contributed by atoms with van der Waals surface area (Å²) in [6, 6.07) is 20.6. The largest absolute Gasteiger partial charge is 3.00 e. The van der Waals surface area contributed by atoms with Gasteiger partial charge >= 0.3 is 24.7 Å². The fourth-order valence-electron chi connectivity index (χ4n) is 4.32. The SMILES string of the molecule is CC1=NN(c2ccccc2)C(=O)C1=NN=C1C=C(N([O-])[O-])C=CC1=O.Cc1nn(-c2ccccc2)c([O-])c1N=Nc1cc([N+](=O)[O-])ccc1[O-].[Cr+3].[H+]. The normalized spacial score (nSPS) is 15.4. The molecule has 0 spiro atoms. The smallest absolute Gasteiger partial charge is 0.871 e. The van der Waals surface area contributed by atoms with E-state index < -0.39 is 33.5 Å². The standard InChI is InChI=1S/C16H13N5O4.C16H11N5O4.Cr/c2*1-10-15(16(23)20(19-10)11-5-3-2-4-6-11)18-17-13-9-12(21(24)25)7-8-14(13)22;/h2-9,22-23H,1H3;2-9H,1H3;/q;-2;+3/p-1. The minimum Gasteiger partial charge on any atom is -0.871 e. The number of rotatable bonds is 7. The molecule has 0 saturated carbocycles. The summed E-state index contributed by atoms with van der Waals surface area (Å²) in [5.41, 5.74) is 0.713. The van der Waals surface area contributed by atoms with Crippen molar-refractivity contribution in [1.82, 2.24) is 15.0 Å². The number of anilines is 1. The molecule has 1 aliphatic carbocycles. The number of benzene rings is 3. The first kappa shape index (κ1) is 37.2. The van der Waals surface area contributed by atoms with Crippen LogP contribution in [-0.4, -0.2) is 48.8 Å². The summed E-state index contributed by atoms with van der Waals surface area (Å²) in [6.07, 6.45) is 3.12. The van der Waals surface area contributed by atoms with Crippen LogP contribution in [0.5, 0.6) is 11.6 Å². The molecule has 1 aliphatic heterocycles. The van der Waals surface area contributed by atoms with Crippen LogP contribution in [0.1, 0.15) is 14.0 Å². The van der Waals surface area contributed by atoms with Crippen LogP contribution in [0.25, 0.3) is 5.69 Å². The Hall–Kier alpha value is -6.65. The van der Waals surface area contributed by atoms with Gasteiger partial charge in [-0.05, 0) is 56.3 Å². The van der Waals surface area contributed by atoms with Crippen molar-refractivity contribution in [3.8, 4) is 17.3 Å². The van der Waals surface area contributed by atoms with Gasteiger partial charge in [0.1, 0.15) is 11.4 Å². The monoisotopic (exact) mass is 727 g/mol. The summed E-state index contributed by atoms with van der Waals surface area (Å²) in [7, 11) is 0. The molecule has 1 amide bonds. The van der Waals surface area contributed by atoms with E-state index in [4.69, 9.17) is 0 Å². The molecule has 255 valence electrons. The van der Waals surface area contributed by atoms with E-state index in [2.05, 4.69) is 30.6 Å². The molecule has 2 aliphatic rings. The summed E-state index contributed by atoms with van der Waals surface area (Å²) < 4.78 is 1.18. The van der Waals surface area contributed by atoms with Crippen LogP contribution in [-0.2, 0) is 27.0 Å². The van der Waals surface area contributed by atoms with Gasteiger partial charge in [-0.1, -0.05) is 48.2 Å². The van der Waals surface area contributed by atoms with Crippen molar-refractivity contribution in [2.75, 3.05) is 5.01 Å². The second kappa shape index (κ2) is 16.2. The number of ketones is 1. The van der Waals surface area contributed by atoms with Gasteiger partial charge in [0.15, 0.2) is 5.71 Å². The van der Waals surface area contributed by atoms with Crippen LogP contribution in [0.3, 0.4) is 0 Å². The molecule has 18 nitrogen and oxygen atoms in total. The fraction of sp³-hybridized carbons (Fsp3) is 0.0625. The number of aromatic nitrogens is 2. The molecule has 0 atom stereocenters. The van der Waals surface area contributed by atoms with Gasteiger partial charge in [0.2, 0.25) is 5.78 Å². The molecule has 51 heavy (non-hydrogen) atoms. The number of nitrogens with zero attached hydrogens (tertiary/aromatic N) is 10.